The molecule has 1 saturated carbocycles. The molecular weight excluding hydrogens is 451 g/mol. The number of nitrogens with zero attached hydrogens (tertiary/aromatic N) is 6. The molecule has 10 heteroatoms. The van der Waals surface area contributed by atoms with Crippen molar-refractivity contribution in [3.63, 3.8) is 0 Å². The Morgan fingerprint density at radius 1 is 1.20 bits per heavy atom. The quantitative estimate of drug-likeness (QED) is 0.484. The van der Waals surface area contributed by atoms with Gasteiger partial charge in [-0.15, -0.1) is 0 Å². The number of aromatic nitrogens is 5. The minimum absolute atomic E-state index is 0.0683. The fraction of sp³-hybridized carbons (Fsp3) is 0.320. The van der Waals surface area contributed by atoms with Crippen LogP contribution in [0.15, 0.2) is 43.0 Å². The van der Waals surface area contributed by atoms with Gasteiger partial charge in [0.1, 0.15) is 5.60 Å². The molecule has 2 aliphatic rings. The normalized spacial score (nSPS) is 18.8. The van der Waals surface area contributed by atoms with Crippen LogP contribution in [-0.4, -0.2) is 41.5 Å². The van der Waals surface area contributed by atoms with Crippen LogP contribution in [0.5, 0.6) is 5.75 Å². The van der Waals surface area contributed by atoms with Crippen molar-refractivity contribution in [2.75, 3.05) is 4.90 Å². The molecule has 0 spiro atoms. The second-order valence-corrected chi connectivity index (χ2v) is 9.10. The molecule has 1 N–H and O–H groups in total. The number of hydrogen-bond donors (Lipinski definition) is 1. The molecule has 1 aliphatic heterocycles. The molecule has 0 radical (unpaired) electrons. The first-order valence-corrected chi connectivity index (χ1v) is 11.5. The van der Waals surface area contributed by atoms with Crippen LogP contribution in [0.4, 0.5) is 10.1 Å². The minimum Gasteiger partial charge on any atom is -0.476 e. The molecule has 3 aromatic heterocycles. The summed E-state index contributed by atoms with van der Waals surface area (Å²) in [6.45, 7) is 3.65. The number of rotatable bonds is 4. The molecule has 35 heavy (non-hydrogen) atoms. The van der Waals surface area contributed by atoms with Gasteiger partial charge in [-0.25, -0.2) is 19.3 Å². The largest absolute Gasteiger partial charge is 0.476 e. The van der Waals surface area contributed by atoms with Gasteiger partial charge >= 0.3 is 0 Å². The number of fused-ring (bicyclic) bond motifs is 2. The zero-order valence-electron chi connectivity index (χ0n) is 19.3. The number of aryl methyl sites for hydroxylation is 1. The van der Waals surface area contributed by atoms with E-state index in [9.17, 15) is 14.3 Å². The lowest BCUT2D eigenvalue weighted by atomic mass is 9.79. The van der Waals surface area contributed by atoms with Crippen molar-refractivity contribution in [1.29, 1.82) is 0 Å². The van der Waals surface area contributed by atoms with Crippen LogP contribution >= 0.6 is 0 Å². The second kappa shape index (κ2) is 7.81. The van der Waals surface area contributed by atoms with Crippen molar-refractivity contribution in [3.05, 3.63) is 66.0 Å². The predicted octanol–water partition coefficient (Wildman–Crippen LogP) is 3.32. The highest BCUT2D eigenvalue weighted by molar-refractivity contribution is 5.99. The lowest BCUT2D eigenvalue weighted by Crippen LogP contribution is -2.44. The van der Waals surface area contributed by atoms with E-state index >= 15 is 0 Å². The average molecular weight is 474 g/mol. The van der Waals surface area contributed by atoms with Gasteiger partial charge in [0.05, 0.1) is 35.5 Å². The van der Waals surface area contributed by atoms with Gasteiger partial charge in [0, 0.05) is 24.2 Å². The molecule has 4 aromatic rings. The van der Waals surface area contributed by atoms with Crippen LogP contribution < -0.4 is 9.64 Å². The van der Waals surface area contributed by atoms with Gasteiger partial charge in [0.15, 0.2) is 29.1 Å². The van der Waals surface area contributed by atoms with Gasteiger partial charge < -0.3 is 9.84 Å². The van der Waals surface area contributed by atoms with E-state index in [0.717, 1.165) is 17.8 Å². The third-order valence-electron chi connectivity index (χ3n) is 6.81. The number of benzene rings is 1. The van der Waals surface area contributed by atoms with E-state index in [1.807, 2.05) is 17.5 Å². The Labute approximate surface area is 200 Å². The zero-order chi connectivity index (χ0) is 24.3. The van der Waals surface area contributed by atoms with Gasteiger partial charge in [-0.3, -0.25) is 19.1 Å². The Balaban J connectivity index is 1.38. The van der Waals surface area contributed by atoms with E-state index in [1.54, 1.807) is 37.6 Å². The molecule has 0 bridgehead atoms. The van der Waals surface area contributed by atoms with Crippen molar-refractivity contribution in [3.8, 4) is 17.0 Å². The monoisotopic (exact) mass is 474 g/mol. The summed E-state index contributed by atoms with van der Waals surface area (Å²) in [5, 5.41) is 10.5. The number of ether oxygens (including phenoxy) is 1. The number of halogens is 1. The van der Waals surface area contributed by atoms with Crippen LogP contribution in [-0.2, 0) is 16.9 Å². The van der Waals surface area contributed by atoms with E-state index in [1.165, 1.54) is 11.0 Å². The van der Waals surface area contributed by atoms with Crippen LogP contribution in [0.3, 0.4) is 0 Å². The van der Waals surface area contributed by atoms with Crippen molar-refractivity contribution >= 4 is 17.2 Å². The molecule has 6 rings (SSSR count). The summed E-state index contributed by atoms with van der Waals surface area (Å²) < 4.78 is 21.8. The smallest absolute Gasteiger partial charge is 0.268 e. The van der Waals surface area contributed by atoms with Gasteiger partial charge in [0.25, 0.3) is 5.91 Å². The van der Waals surface area contributed by atoms with Crippen molar-refractivity contribution in [2.24, 2.45) is 0 Å². The number of carbonyl (C=O) groups excluding carboxylic acids is 1. The summed E-state index contributed by atoms with van der Waals surface area (Å²) in [6.07, 6.45) is 8.27. The van der Waals surface area contributed by atoms with E-state index < -0.39 is 17.5 Å². The first-order chi connectivity index (χ1) is 16.8. The average Bonchev–Trinajstić information content (AvgIpc) is 3.15. The van der Waals surface area contributed by atoms with E-state index in [2.05, 4.69) is 19.9 Å². The predicted molar refractivity (Wildman–Crippen MR) is 124 cm³/mol. The van der Waals surface area contributed by atoms with E-state index in [-0.39, 0.29) is 18.2 Å². The zero-order valence-corrected chi connectivity index (χ0v) is 19.3. The fourth-order valence-electron chi connectivity index (χ4n) is 4.60. The number of carbonyl (C=O) groups is 1. The summed E-state index contributed by atoms with van der Waals surface area (Å²) in [6, 6.07) is 4.54. The topological polar surface area (TPSA) is 106 Å². The van der Waals surface area contributed by atoms with Crippen molar-refractivity contribution in [1.82, 2.24) is 24.3 Å². The van der Waals surface area contributed by atoms with Gasteiger partial charge in [-0.05, 0) is 45.2 Å². The second-order valence-electron chi connectivity index (χ2n) is 9.10. The number of imidazole rings is 1. The molecule has 1 amide bonds. The highest BCUT2D eigenvalue weighted by atomic mass is 19.1. The minimum atomic E-state index is -0.928. The molecular formula is C25H23FN6O3. The first kappa shape index (κ1) is 21.6. The van der Waals surface area contributed by atoms with Crippen molar-refractivity contribution < 1.29 is 19.0 Å². The Kier molecular flexibility index (Phi) is 4.82. The SMILES string of the molecule is Cc1nc2cnc(-c3cnc(C4(O)CCC4)nc3)cn2c1CN1C(=O)[C@@H](C)Oc2c(F)cccc21. The molecule has 1 aliphatic carbocycles. The fourth-order valence-corrected chi connectivity index (χ4v) is 4.60. The first-order valence-electron chi connectivity index (χ1n) is 11.5. The third kappa shape index (κ3) is 3.44. The lowest BCUT2D eigenvalue weighted by Gasteiger charge is -2.34. The molecule has 1 atom stereocenters. The Morgan fingerprint density at radius 2 is 1.97 bits per heavy atom. The van der Waals surface area contributed by atoms with Crippen molar-refractivity contribution in [2.45, 2.75) is 51.4 Å². The number of para-hydroxylation sites is 1. The number of aliphatic hydroxyl groups is 1. The van der Waals surface area contributed by atoms with Crippen LogP contribution in [0.2, 0.25) is 0 Å². The van der Waals surface area contributed by atoms with E-state index in [4.69, 9.17) is 4.74 Å². The van der Waals surface area contributed by atoms with Gasteiger partial charge in [-0.1, -0.05) is 6.07 Å². The van der Waals surface area contributed by atoms with Crippen LogP contribution in [0.1, 0.15) is 43.4 Å². The number of hydrogen-bond acceptors (Lipinski definition) is 7. The molecule has 0 unspecified atom stereocenters. The van der Waals surface area contributed by atoms with Crippen LogP contribution in [0, 0.1) is 12.7 Å². The highest BCUT2D eigenvalue weighted by Crippen LogP contribution is 2.39. The maximum Gasteiger partial charge on any atom is 0.268 e. The van der Waals surface area contributed by atoms with Crippen LogP contribution in [0.25, 0.3) is 16.9 Å². The molecule has 1 fully saturated rings. The number of anilines is 1. The molecule has 178 valence electrons. The molecule has 1 aromatic carbocycles. The third-order valence-corrected chi connectivity index (χ3v) is 6.81. The number of amides is 1. The summed E-state index contributed by atoms with van der Waals surface area (Å²) >= 11 is 0. The maximum atomic E-state index is 14.4. The summed E-state index contributed by atoms with van der Waals surface area (Å²) in [7, 11) is 0. The van der Waals surface area contributed by atoms with Gasteiger partial charge in [0.2, 0.25) is 0 Å². The maximum absolute atomic E-state index is 14.4. The molecule has 4 heterocycles. The Morgan fingerprint density at radius 3 is 2.69 bits per heavy atom. The Bertz CT molecular complexity index is 1460. The summed E-state index contributed by atoms with van der Waals surface area (Å²) in [5.41, 5.74) is 2.89. The highest BCUT2D eigenvalue weighted by Gasteiger charge is 2.39. The standard InChI is InChI=1S/C25H23FN6O3/c1-14-20(13-32-19-6-3-5-17(26)22(19)35-15(2)23(32)33)31-12-18(27-11-21(31)30-14)16-9-28-24(29-10-16)25(34)7-4-8-25/h3,5-6,9-12,15,34H,4,7-8,13H2,1-2H3/t15-/m1/s1. The molecule has 0 saturated heterocycles. The molecule has 9 nitrogen and oxygen atoms in total. The van der Waals surface area contributed by atoms with Gasteiger partial charge in [-0.2, -0.15) is 0 Å². The lowest BCUT2D eigenvalue weighted by molar-refractivity contribution is -0.125. The van der Waals surface area contributed by atoms with E-state index in [0.29, 0.717) is 41.3 Å². The summed E-state index contributed by atoms with van der Waals surface area (Å²) in [4.78, 5) is 32.4. The Hall–Kier alpha value is -3.92. The summed E-state index contributed by atoms with van der Waals surface area (Å²) in [5.74, 6) is -0.273.